The molecule has 0 unspecified atom stereocenters. The van der Waals surface area contributed by atoms with Crippen molar-refractivity contribution in [3.8, 4) is 0 Å². The van der Waals surface area contributed by atoms with Crippen LogP contribution in [0.3, 0.4) is 0 Å². The zero-order chi connectivity index (χ0) is 6.69. The van der Waals surface area contributed by atoms with Crippen LogP contribution >= 0.6 is 0 Å². The van der Waals surface area contributed by atoms with Gasteiger partial charge in [-0.3, -0.25) is 4.79 Å². The number of nitrogens with zero attached hydrogens (tertiary/aromatic N) is 2. The average molecular weight is 122 g/mol. The molecule has 0 amide bonds. The van der Waals surface area contributed by atoms with Crippen molar-refractivity contribution in [2.24, 2.45) is 0 Å². The molecule has 0 aliphatic rings. The Bertz CT molecular complexity index is 213. The molecule has 0 saturated heterocycles. The Hall–Kier alpha value is -1.38. The number of allylic oxidation sites excluding steroid dienone is 1. The summed E-state index contributed by atoms with van der Waals surface area (Å²) in [5.74, 6) is 0. The van der Waals surface area contributed by atoms with Crippen molar-refractivity contribution < 1.29 is 4.79 Å². The van der Waals surface area contributed by atoms with Gasteiger partial charge in [-0.15, -0.1) is 0 Å². The molecule has 1 aromatic rings. The van der Waals surface area contributed by atoms with Crippen LogP contribution in [0.2, 0.25) is 0 Å². The van der Waals surface area contributed by atoms with Crippen LogP contribution < -0.4 is 0 Å². The highest BCUT2D eigenvalue weighted by molar-refractivity contribution is 5.96. The highest BCUT2D eigenvalue weighted by atomic mass is 16.1. The predicted octanol–water partition coefficient (Wildman–Crippen LogP) is 0.553. The second-order valence-electron chi connectivity index (χ2n) is 1.56. The number of aromatic nitrogens is 2. The van der Waals surface area contributed by atoms with Crippen molar-refractivity contribution in [3.63, 3.8) is 0 Å². The molecule has 9 heavy (non-hydrogen) atoms. The fourth-order valence-electron chi connectivity index (χ4n) is 0.493. The molecule has 46 valence electrons. The van der Waals surface area contributed by atoms with Crippen molar-refractivity contribution in [1.29, 1.82) is 0 Å². The Morgan fingerprint density at radius 3 is 3.00 bits per heavy atom. The van der Waals surface area contributed by atoms with Gasteiger partial charge in [-0.05, 0) is 6.07 Å². The Labute approximate surface area is 52.6 Å². The lowest BCUT2D eigenvalue weighted by atomic mass is 10.5. The van der Waals surface area contributed by atoms with Gasteiger partial charge >= 0.3 is 0 Å². The fraction of sp³-hybridized carbons (Fsp3) is 0. The van der Waals surface area contributed by atoms with Crippen LogP contribution in [0.4, 0.5) is 0 Å². The van der Waals surface area contributed by atoms with Crippen molar-refractivity contribution in [2.45, 2.75) is 0 Å². The van der Waals surface area contributed by atoms with Gasteiger partial charge in [-0.2, -0.15) is 5.10 Å². The van der Waals surface area contributed by atoms with Crippen molar-refractivity contribution in [2.75, 3.05) is 0 Å². The third-order valence-electron chi connectivity index (χ3n) is 0.935. The van der Waals surface area contributed by atoms with E-state index in [4.69, 9.17) is 0 Å². The average Bonchev–Trinajstić information content (AvgIpc) is 2.37. The van der Waals surface area contributed by atoms with Crippen molar-refractivity contribution >= 4 is 12.0 Å². The zero-order valence-corrected chi connectivity index (χ0v) is 4.82. The monoisotopic (exact) mass is 122 g/mol. The summed E-state index contributed by atoms with van der Waals surface area (Å²) < 4.78 is 1.41. The summed E-state index contributed by atoms with van der Waals surface area (Å²) in [6.07, 6.45) is 3.92. The molecule has 3 nitrogen and oxygen atoms in total. The van der Waals surface area contributed by atoms with Gasteiger partial charge in [-0.25, -0.2) is 4.68 Å². The summed E-state index contributed by atoms with van der Waals surface area (Å²) in [6, 6.07) is 1.73. The molecule has 0 N–H and O–H groups in total. The van der Waals surface area contributed by atoms with Crippen LogP contribution in [0.25, 0.3) is 5.70 Å². The quantitative estimate of drug-likeness (QED) is 0.424. The molecule has 0 atom stereocenters. The maximum atomic E-state index is 10.0. The van der Waals surface area contributed by atoms with Gasteiger partial charge in [-0.1, -0.05) is 6.58 Å². The van der Waals surface area contributed by atoms with Crippen LogP contribution in [0.5, 0.6) is 0 Å². The summed E-state index contributed by atoms with van der Waals surface area (Å²) in [5, 5.41) is 3.77. The lowest BCUT2D eigenvalue weighted by Gasteiger charge is -1.92. The number of carbonyl (C=O) groups is 1. The van der Waals surface area contributed by atoms with E-state index in [9.17, 15) is 4.79 Å². The Balaban J connectivity index is 2.89. The Kier molecular flexibility index (Phi) is 1.44. The molecule has 0 bridgehead atoms. The first kappa shape index (κ1) is 5.75. The number of hydrogen-bond donors (Lipinski definition) is 0. The molecule has 1 rings (SSSR count). The summed E-state index contributed by atoms with van der Waals surface area (Å²) in [5.41, 5.74) is 0.347. The third kappa shape index (κ3) is 1.05. The molecular formula is C6H6N2O. The van der Waals surface area contributed by atoms with Crippen molar-refractivity contribution in [1.82, 2.24) is 9.78 Å². The van der Waals surface area contributed by atoms with E-state index in [2.05, 4.69) is 11.7 Å². The molecule has 0 saturated carbocycles. The van der Waals surface area contributed by atoms with Crippen LogP contribution in [-0.2, 0) is 4.79 Å². The smallest absolute Gasteiger partial charge is 0.167 e. The molecule has 0 aliphatic heterocycles. The second-order valence-corrected chi connectivity index (χ2v) is 1.56. The van der Waals surface area contributed by atoms with E-state index in [0.717, 1.165) is 0 Å². The van der Waals surface area contributed by atoms with Gasteiger partial charge in [0.05, 0.1) is 5.70 Å². The van der Waals surface area contributed by atoms with E-state index < -0.39 is 0 Å². The molecule has 0 radical (unpaired) electrons. The minimum Gasteiger partial charge on any atom is -0.296 e. The van der Waals surface area contributed by atoms with Crippen LogP contribution in [-0.4, -0.2) is 16.1 Å². The topological polar surface area (TPSA) is 34.9 Å². The Morgan fingerprint density at radius 2 is 2.56 bits per heavy atom. The first-order valence-corrected chi connectivity index (χ1v) is 2.48. The summed E-state index contributed by atoms with van der Waals surface area (Å²) in [4.78, 5) is 10.0. The van der Waals surface area contributed by atoms with E-state index in [1.54, 1.807) is 18.5 Å². The minimum atomic E-state index is 0.347. The molecule has 1 heterocycles. The highest BCUT2D eigenvalue weighted by Gasteiger charge is 1.90. The van der Waals surface area contributed by atoms with Gasteiger partial charge < -0.3 is 0 Å². The van der Waals surface area contributed by atoms with Gasteiger partial charge in [0.15, 0.2) is 6.29 Å². The van der Waals surface area contributed by atoms with Gasteiger partial charge in [0.25, 0.3) is 0 Å². The predicted molar refractivity (Wildman–Crippen MR) is 33.6 cm³/mol. The van der Waals surface area contributed by atoms with E-state index in [1.807, 2.05) is 0 Å². The standard InChI is InChI=1S/C6H6N2O/c1-6(5-9)8-4-2-3-7-8/h2-5H,1H2. The molecule has 3 heteroatoms. The van der Waals surface area contributed by atoms with Crippen molar-refractivity contribution in [3.05, 3.63) is 25.0 Å². The van der Waals surface area contributed by atoms with E-state index >= 15 is 0 Å². The molecule has 0 aromatic carbocycles. The molecule has 0 fully saturated rings. The number of aldehydes is 1. The van der Waals surface area contributed by atoms with Crippen LogP contribution in [0, 0.1) is 0 Å². The normalized spacial score (nSPS) is 8.89. The first-order valence-electron chi connectivity index (χ1n) is 2.48. The van der Waals surface area contributed by atoms with Crippen LogP contribution in [0.1, 0.15) is 0 Å². The van der Waals surface area contributed by atoms with E-state index in [-0.39, 0.29) is 0 Å². The molecule has 1 aromatic heterocycles. The number of carbonyl (C=O) groups excluding carboxylic acids is 1. The summed E-state index contributed by atoms with van der Waals surface area (Å²) in [6.45, 7) is 3.45. The van der Waals surface area contributed by atoms with E-state index in [0.29, 0.717) is 12.0 Å². The minimum absolute atomic E-state index is 0.347. The van der Waals surface area contributed by atoms with Gasteiger partial charge in [0, 0.05) is 12.4 Å². The number of rotatable bonds is 2. The second kappa shape index (κ2) is 2.26. The van der Waals surface area contributed by atoms with Gasteiger partial charge in [0.2, 0.25) is 0 Å². The zero-order valence-electron chi connectivity index (χ0n) is 4.82. The largest absolute Gasteiger partial charge is 0.296 e. The SMILES string of the molecule is C=C(C=O)n1cccn1. The maximum Gasteiger partial charge on any atom is 0.167 e. The highest BCUT2D eigenvalue weighted by Crippen LogP contribution is 1.92. The molecule has 0 spiro atoms. The number of hydrogen-bond acceptors (Lipinski definition) is 2. The summed E-state index contributed by atoms with van der Waals surface area (Å²) >= 11 is 0. The Morgan fingerprint density at radius 1 is 1.78 bits per heavy atom. The lowest BCUT2D eigenvalue weighted by molar-refractivity contribution is -0.103. The first-order chi connectivity index (χ1) is 4.34. The molecular weight excluding hydrogens is 116 g/mol. The summed E-state index contributed by atoms with van der Waals surface area (Å²) in [7, 11) is 0. The van der Waals surface area contributed by atoms with Crippen LogP contribution in [0.15, 0.2) is 25.0 Å². The lowest BCUT2D eigenvalue weighted by Crippen LogP contribution is -1.95. The van der Waals surface area contributed by atoms with E-state index in [1.165, 1.54) is 4.68 Å². The van der Waals surface area contributed by atoms with Gasteiger partial charge in [0.1, 0.15) is 0 Å². The maximum absolute atomic E-state index is 10.0. The molecule has 0 aliphatic carbocycles. The third-order valence-corrected chi connectivity index (χ3v) is 0.935. The fourth-order valence-corrected chi connectivity index (χ4v) is 0.493.